The molecule has 0 aliphatic carbocycles. The van der Waals surface area contributed by atoms with Gasteiger partial charge in [0.2, 0.25) is 5.95 Å². The molecule has 0 spiro atoms. The Morgan fingerprint density at radius 2 is 2.31 bits per heavy atom. The van der Waals surface area contributed by atoms with Crippen LogP contribution in [-0.2, 0) is 0 Å². The van der Waals surface area contributed by atoms with Crippen molar-refractivity contribution in [2.24, 2.45) is 5.73 Å². The molecule has 1 aromatic heterocycles. The van der Waals surface area contributed by atoms with Crippen molar-refractivity contribution in [1.82, 2.24) is 14.9 Å². The fourth-order valence-electron chi connectivity index (χ4n) is 1.38. The number of aromatic nitrogens is 2. The Balaban J connectivity index is 2.66. The van der Waals surface area contributed by atoms with Crippen molar-refractivity contribution in [1.29, 1.82) is 0 Å². The van der Waals surface area contributed by atoms with Crippen LogP contribution in [0.1, 0.15) is 12.6 Å². The van der Waals surface area contributed by atoms with Crippen LogP contribution >= 0.6 is 12.2 Å². The molecule has 1 heterocycles. The molecule has 1 aromatic rings. The van der Waals surface area contributed by atoms with Gasteiger partial charge in [-0.25, -0.2) is 9.97 Å². The summed E-state index contributed by atoms with van der Waals surface area (Å²) in [5.74, 6) is 0.555. The van der Waals surface area contributed by atoms with E-state index in [1.54, 1.807) is 12.3 Å². The van der Waals surface area contributed by atoms with Gasteiger partial charge in [-0.05, 0) is 27.1 Å². The number of nitrogens with one attached hydrogen (secondary N) is 1. The number of rotatable bonds is 5. The fourth-order valence-corrected chi connectivity index (χ4v) is 1.49. The zero-order valence-corrected chi connectivity index (χ0v) is 10.6. The number of hydrogen-bond acceptors (Lipinski definition) is 5. The summed E-state index contributed by atoms with van der Waals surface area (Å²) in [6.45, 7) is 2.97. The Bertz CT molecular complexity index is 366. The topological polar surface area (TPSA) is 67.1 Å². The fraction of sp³-hybridized carbons (Fsp3) is 0.500. The van der Waals surface area contributed by atoms with Crippen LogP contribution in [0.3, 0.4) is 0 Å². The van der Waals surface area contributed by atoms with E-state index in [2.05, 4.69) is 27.1 Å². The summed E-state index contributed by atoms with van der Waals surface area (Å²) in [5, 5.41) is 3.19. The van der Waals surface area contributed by atoms with Gasteiger partial charge in [0.25, 0.3) is 0 Å². The second kappa shape index (κ2) is 5.72. The summed E-state index contributed by atoms with van der Waals surface area (Å²) < 4.78 is 0. The van der Waals surface area contributed by atoms with Crippen LogP contribution in [0.5, 0.6) is 0 Å². The number of anilines is 1. The number of nitrogens with zero attached hydrogens (tertiary/aromatic N) is 3. The molecule has 1 atom stereocenters. The average molecular weight is 239 g/mol. The molecule has 1 rings (SSSR count). The second-order valence-corrected chi connectivity index (χ2v) is 4.38. The smallest absolute Gasteiger partial charge is 0.223 e. The van der Waals surface area contributed by atoms with Gasteiger partial charge in [-0.1, -0.05) is 12.2 Å². The summed E-state index contributed by atoms with van der Waals surface area (Å²) >= 11 is 4.86. The van der Waals surface area contributed by atoms with E-state index < -0.39 is 0 Å². The highest BCUT2D eigenvalue weighted by Gasteiger charge is 2.06. The molecule has 0 aliphatic rings. The molecule has 88 valence electrons. The van der Waals surface area contributed by atoms with Gasteiger partial charge in [-0.15, -0.1) is 0 Å². The third kappa shape index (κ3) is 4.08. The number of thiocarbonyl (C=S) groups is 1. The minimum Gasteiger partial charge on any atom is -0.388 e. The average Bonchev–Trinajstić information content (AvgIpc) is 2.16. The zero-order valence-electron chi connectivity index (χ0n) is 9.77. The summed E-state index contributed by atoms with van der Waals surface area (Å²) in [5.41, 5.74) is 6.09. The SMILES string of the molecule is CC(CN(C)C)Nc1nccc(C(N)=S)n1. The summed E-state index contributed by atoms with van der Waals surface area (Å²) in [6, 6.07) is 1.96. The van der Waals surface area contributed by atoms with Gasteiger partial charge in [0.15, 0.2) is 0 Å². The maximum atomic E-state index is 5.50. The maximum Gasteiger partial charge on any atom is 0.223 e. The van der Waals surface area contributed by atoms with Crippen molar-refractivity contribution < 1.29 is 0 Å². The van der Waals surface area contributed by atoms with Crippen LogP contribution in [0.25, 0.3) is 0 Å². The van der Waals surface area contributed by atoms with Crippen LogP contribution in [0.2, 0.25) is 0 Å². The van der Waals surface area contributed by atoms with Crippen LogP contribution in [-0.4, -0.2) is 46.5 Å². The number of likely N-dealkylation sites (N-methyl/N-ethyl adjacent to an activating group) is 1. The van der Waals surface area contributed by atoms with Gasteiger partial charge in [-0.2, -0.15) is 0 Å². The number of nitrogens with two attached hydrogens (primary N) is 1. The van der Waals surface area contributed by atoms with Crippen molar-refractivity contribution in [3.05, 3.63) is 18.0 Å². The Kier molecular flexibility index (Phi) is 4.57. The van der Waals surface area contributed by atoms with E-state index in [1.807, 2.05) is 14.1 Å². The van der Waals surface area contributed by atoms with Gasteiger partial charge < -0.3 is 16.0 Å². The van der Waals surface area contributed by atoms with Gasteiger partial charge >= 0.3 is 0 Å². The molecule has 0 aliphatic heterocycles. The van der Waals surface area contributed by atoms with Crippen LogP contribution in [0.15, 0.2) is 12.3 Å². The first kappa shape index (κ1) is 12.8. The monoisotopic (exact) mass is 239 g/mol. The molecule has 0 radical (unpaired) electrons. The lowest BCUT2D eigenvalue weighted by molar-refractivity contribution is 0.391. The van der Waals surface area contributed by atoms with Gasteiger partial charge in [-0.3, -0.25) is 0 Å². The predicted octanol–water partition coefficient (Wildman–Crippen LogP) is 0.473. The minimum atomic E-state index is 0.261. The predicted molar refractivity (Wildman–Crippen MR) is 69.6 cm³/mol. The molecule has 0 fully saturated rings. The molecular formula is C10H17N5S. The Morgan fingerprint density at radius 1 is 1.62 bits per heavy atom. The lowest BCUT2D eigenvalue weighted by atomic mass is 10.3. The molecule has 6 heteroatoms. The van der Waals surface area contributed by atoms with Crippen LogP contribution in [0, 0.1) is 0 Å². The lowest BCUT2D eigenvalue weighted by Gasteiger charge is -2.18. The molecule has 0 saturated heterocycles. The summed E-state index contributed by atoms with van der Waals surface area (Å²) in [4.78, 5) is 10.7. The standard InChI is InChI=1S/C10H17N5S/c1-7(6-15(2)3)13-10-12-5-4-8(14-10)9(11)16/h4-5,7H,6H2,1-3H3,(H2,11,16)(H,12,13,14). The minimum absolute atomic E-state index is 0.261. The van der Waals surface area contributed by atoms with E-state index in [0.717, 1.165) is 6.54 Å². The Labute approximate surface area is 101 Å². The van der Waals surface area contributed by atoms with Crippen molar-refractivity contribution in [2.75, 3.05) is 26.0 Å². The van der Waals surface area contributed by atoms with Crippen LogP contribution < -0.4 is 11.1 Å². The lowest BCUT2D eigenvalue weighted by Crippen LogP contribution is -2.30. The molecule has 0 aromatic carbocycles. The first-order valence-electron chi connectivity index (χ1n) is 5.03. The molecule has 0 bridgehead atoms. The maximum absolute atomic E-state index is 5.50. The molecular weight excluding hydrogens is 222 g/mol. The normalized spacial score (nSPS) is 12.5. The molecule has 0 amide bonds. The molecule has 3 N–H and O–H groups in total. The van der Waals surface area contributed by atoms with Crippen molar-refractivity contribution in [2.45, 2.75) is 13.0 Å². The number of hydrogen-bond donors (Lipinski definition) is 2. The summed E-state index contributed by atoms with van der Waals surface area (Å²) in [6.07, 6.45) is 1.65. The largest absolute Gasteiger partial charge is 0.388 e. The van der Waals surface area contributed by atoms with E-state index in [4.69, 9.17) is 18.0 Å². The van der Waals surface area contributed by atoms with E-state index in [9.17, 15) is 0 Å². The highest BCUT2D eigenvalue weighted by molar-refractivity contribution is 7.80. The third-order valence-electron chi connectivity index (χ3n) is 1.92. The molecule has 0 saturated carbocycles. The Hall–Kier alpha value is -1.27. The van der Waals surface area contributed by atoms with Crippen molar-refractivity contribution in [3.8, 4) is 0 Å². The van der Waals surface area contributed by atoms with Gasteiger partial charge in [0, 0.05) is 18.8 Å². The van der Waals surface area contributed by atoms with Crippen molar-refractivity contribution >= 4 is 23.2 Å². The van der Waals surface area contributed by atoms with E-state index >= 15 is 0 Å². The molecule has 1 unspecified atom stereocenters. The first-order chi connectivity index (χ1) is 7.49. The quantitative estimate of drug-likeness (QED) is 0.728. The van der Waals surface area contributed by atoms with Gasteiger partial charge in [0.1, 0.15) is 10.7 Å². The second-order valence-electron chi connectivity index (χ2n) is 3.94. The highest BCUT2D eigenvalue weighted by atomic mass is 32.1. The van der Waals surface area contributed by atoms with Gasteiger partial charge in [0.05, 0.1) is 0 Å². The third-order valence-corrected chi connectivity index (χ3v) is 2.13. The van der Waals surface area contributed by atoms with Crippen LogP contribution in [0.4, 0.5) is 5.95 Å². The van der Waals surface area contributed by atoms with Crippen molar-refractivity contribution in [3.63, 3.8) is 0 Å². The van der Waals surface area contributed by atoms with E-state index in [0.29, 0.717) is 11.6 Å². The first-order valence-corrected chi connectivity index (χ1v) is 5.44. The van der Waals surface area contributed by atoms with E-state index in [-0.39, 0.29) is 11.0 Å². The zero-order chi connectivity index (χ0) is 12.1. The summed E-state index contributed by atoms with van der Waals surface area (Å²) in [7, 11) is 4.04. The molecule has 5 nitrogen and oxygen atoms in total. The highest BCUT2D eigenvalue weighted by Crippen LogP contribution is 2.02. The molecule has 16 heavy (non-hydrogen) atoms. The van der Waals surface area contributed by atoms with E-state index in [1.165, 1.54) is 0 Å². The Morgan fingerprint density at radius 3 is 2.88 bits per heavy atom.